The van der Waals surface area contributed by atoms with Crippen molar-refractivity contribution >= 4 is 28.8 Å². The SMILES string of the molecule is CN(C)c1ccc(/C=c2\sc3n(c2=O)C(c2ccccc2)C=C(c2ccccc2)N=3)cc1. The highest BCUT2D eigenvalue weighted by Crippen LogP contribution is 2.26. The molecule has 0 saturated carbocycles. The molecule has 1 atom stereocenters. The first kappa shape index (κ1) is 20.2. The highest BCUT2D eigenvalue weighted by Gasteiger charge is 2.22. The maximum Gasteiger partial charge on any atom is 0.271 e. The smallest absolute Gasteiger partial charge is 0.271 e. The lowest BCUT2D eigenvalue weighted by molar-refractivity contribution is 0.644. The molecule has 0 N–H and O–H groups in total. The summed E-state index contributed by atoms with van der Waals surface area (Å²) in [6, 6.07) is 28.3. The van der Waals surface area contributed by atoms with Crippen molar-refractivity contribution in [1.82, 2.24) is 4.57 Å². The first-order valence-electron chi connectivity index (χ1n) is 10.5. The predicted molar refractivity (Wildman–Crippen MR) is 133 cm³/mol. The fourth-order valence-corrected chi connectivity index (χ4v) is 4.88. The summed E-state index contributed by atoms with van der Waals surface area (Å²) < 4.78 is 2.50. The Balaban J connectivity index is 1.67. The molecule has 1 aliphatic heterocycles. The molecule has 5 rings (SSSR count). The van der Waals surface area contributed by atoms with Gasteiger partial charge in [-0.2, -0.15) is 0 Å². The van der Waals surface area contributed by atoms with Gasteiger partial charge in [-0.3, -0.25) is 9.36 Å². The molecule has 5 heteroatoms. The molecular weight excluding hydrogens is 414 g/mol. The molecule has 32 heavy (non-hydrogen) atoms. The van der Waals surface area contributed by atoms with Gasteiger partial charge in [0.1, 0.15) is 0 Å². The number of hydrogen-bond acceptors (Lipinski definition) is 4. The van der Waals surface area contributed by atoms with Gasteiger partial charge in [-0.15, -0.1) is 0 Å². The summed E-state index contributed by atoms with van der Waals surface area (Å²) in [5.74, 6) is 0. The van der Waals surface area contributed by atoms with Gasteiger partial charge < -0.3 is 4.90 Å². The molecule has 3 aromatic carbocycles. The molecule has 0 fully saturated rings. The van der Waals surface area contributed by atoms with Gasteiger partial charge in [0.25, 0.3) is 5.56 Å². The molecule has 0 aliphatic carbocycles. The van der Waals surface area contributed by atoms with E-state index in [1.807, 2.05) is 73.3 Å². The van der Waals surface area contributed by atoms with E-state index in [0.29, 0.717) is 4.53 Å². The molecule has 0 saturated heterocycles. The van der Waals surface area contributed by atoms with Gasteiger partial charge in [0, 0.05) is 19.8 Å². The monoisotopic (exact) mass is 437 g/mol. The van der Waals surface area contributed by atoms with Gasteiger partial charge in [-0.25, -0.2) is 4.99 Å². The second-order valence-electron chi connectivity index (χ2n) is 7.94. The van der Waals surface area contributed by atoms with Crippen LogP contribution in [0.5, 0.6) is 0 Å². The van der Waals surface area contributed by atoms with Crippen LogP contribution in [0.1, 0.15) is 22.7 Å². The molecule has 0 radical (unpaired) electrons. The Morgan fingerprint density at radius 2 is 1.56 bits per heavy atom. The van der Waals surface area contributed by atoms with Crippen molar-refractivity contribution in [3.05, 3.63) is 127 Å². The summed E-state index contributed by atoms with van der Waals surface area (Å²) in [7, 11) is 4.03. The maximum absolute atomic E-state index is 13.5. The lowest BCUT2D eigenvalue weighted by Crippen LogP contribution is -2.36. The molecule has 0 amide bonds. The largest absolute Gasteiger partial charge is 0.378 e. The van der Waals surface area contributed by atoms with Crippen molar-refractivity contribution < 1.29 is 0 Å². The number of anilines is 1. The molecule has 158 valence electrons. The average Bonchev–Trinajstić information content (AvgIpc) is 3.15. The lowest BCUT2D eigenvalue weighted by Gasteiger charge is -2.19. The molecule has 0 bridgehead atoms. The standard InChI is InChI=1S/C27H23N3OS/c1-29(2)22-15-13-19(14-16-22)17-25-26(31)30-24(21-11-7-4-8-12-21)18-23(28-27(30)32-25)20-9-5-3-6-10-20/h3-18,24H,1-2H3/b25-17-. The zero-order chi connectivity index (χ0) is 22.1. The highest BCUT2D eigenvalue weighted by atomic mass is 32.1. The molecular formula is C27H23N3OS. The Morgan fingerprint density at radius 1 is 0.906 bits per heavy atom. The van der Waals surface area contributed by atoms with Gasteiger partial charge in [0.05, 0.1) is 16.3 Å². The number of aromatic nitrogens is 1. The van der Waals surface area contributed by atoms with E-state index in [1.54, 1.807) is 0 Å². The van der Waals surface area contributed by atoms with Gasteiger partial charge >= 0.3 is 0 Å². The minimum absolute atomic E-state index is 0.0114. The summed E-state index contributed by atoms with van der Waals surface area (Å²) >= 11 is 1.44. The number of hydrogen-bond donors (Lipinski definition) is 0. The first-order chi connectivity index (χ1) is 15.6. The van der Waals surface area contributed by atoms with Crippen LogP contribution in [-0.2, 0) is 0 Å². The molecule has 1 unspecified atom stereocenters. The minimum Gasteiger partial charge on any atom is -0.378 e. The van der Waals surface area contributed by atoms with Gasteiger partial charge in [-0.1, -0.05) is 84.1 Å². The van der Waals surface area contributed by atoms with E-state index in [0.717, 1.165) is 32.9 Å². The number of nitrogens with zero attached hydrogens (tertiary/aromatic N) is 3. The zero-order valence-electron chi connectivity index (χ0n) is 18.0. The molecule has 2 heterocycles. The van der Waals surface area contributed by atoms with Crippen molar-refractivity contribution in [1.29, 1.82) is 0 Å². The normalized spacial score (nSPS) is 15.6. The van der Waals surface area contributed by atoms with Crippen LogP contribution in [0, 0.1) is 0 Å². The van der Waals surface area contributed by atoms with E-state index in [9.17, 15) is 4.79 Å². The van der Waals surface area contributed by atoms with Crippen molar-refractivity contribution in [2.75, 3.05) is 19.0 Å². The third-order valence-corrected chi connectivity index (χ3v) is 6.55. The second-order valence-corrected chi connectivity index (χ2v) is 8.95. The van der Waals surface area contributed by atoms with E-state index in [2.05, 4.69) is 47.4 Å². The number of rotatable bonds is 4. The average molecular weight is 438 g/mol. The summed E-state index contributed by atoms with van der Waals surface area (Å²) in [4.78, 5) is 21.1. The van der Waals surface area contributed by atoms with E-state index in [1.165, 1.54) is 11.3 Å². The Bertz CT molecular complexity index is 1450. The van der Waals surface area contributed by atoms with Gasteiger partial charge in [0.15, 0.2) is 4.80 Å². The quantitative estimate of drug-likeness (QED) is 0.483. The van der Waals surface area contributed by atoms with E-state index in [-0.39, 0.29) is 11.6 Å². The Morgan fingerprint density at radius 3 is 2.22 bits per heavy atom. The van der Waals surface area contributed by atoms with Crippen molar-refractivity contribution in [2.24, 2.45) is 4.99 Å². The van der Waals surface area contributed by atoms with Gasteiger partial charge in [0.2, 0.25) is 0 Å². The lowest BCUT2D eigenvalue weighted by atomic mass is 10.0. The summed E-state index contributed by atoms with van der Waals surface area (Å²) in [5.41, 5.74) is 5.12. The van der Waals surface area contributed by atoms with Crippen LogP contribution < -0.4 is 19.8 Å². The van der Waals surface area contributed by atoms with Crippen LogP contribution in [0.2, 0.25) is 0 Å². The molecule has 4 aromatic rings. The van der Waals surface area contributed by atoms with Crippen LogP contribution in [0.25, 0.3) is 11.8 Å². The van der Waals surface area contributed by atoms with Gasteiger partial charge in [-0.05, 0) is 41.0 Å². The van der Waals surface area contributed by atoms with Crippen LogP contribution in [0.15, 0.2) is 101 Å². The van der Waals surface area contributed by atoms with E-state index in [4.69, 9.17) is 4.99 Å². The molecule has 1 aromatic heterocycles. The number of allylic oxidation sites excluding steroid dienone is 1. The topological polar surface area (TPSA) is 37.6 Å². The minimum atomic E-state index is -0.194. The van der Waals surface area contributed by atoms with E-state index < -0.39 is 0 Å². The third-order valence-electron chi connectivity index (χ3n) is 5.56. The Kier molecular flexibility index (Phi) is 5.33. The zero-order valence-corrected chi connectivity index (χ0v) is 18.8. The number of fused-ring (bicyclic) bond motifs is 1. The summed E-state index contributed by atoms with van der Waals surface area (Å²) in [5, 5.41) is 0. The van der Waals surface area contributed by atoms with Crippen LogP contribution >= 0.6 is 11.3 Å². The van der Waals surface area contributed by atoms with Crippen molar-refractivity contribution in [2.45, 2.75) is 6.04 Å². The Labute approximate surface area is 190 Å². The third kappa shape index (κ3) is 3.83. The van der Waals surface area contributed by atoms with Crippen LogP contribution in [0.3, 0.4) is 0 Å². The van der Waals surface area contributed by atoms with Crippen LogP contribution in [-0.4, -0.2) is 18.7 Å². The molecule has 1 aliphatic rings. The summed E-state index contributed by atoms with van der Waals surface area (Å²) in [6.45, 7) is 0. The van der Waals surface area contributed by atoms with Crippen molar-refractivity contribution in [3.8, 4) is 0 Å². The fraction of sp³-hybridized carbons (Fsp3) is 0.111. The Hall–Kier alpha value is -3.70. The number of thiazole rings is 1. The summed E-state index contributed by atoms with van der Waals surface area (Å²) in [6.07, 6.45) is 4.04. The molecule has 4 nitrogen and oxygen atoms in total. The number of benzene rings is 3. The first-order valence-corrected chi connectivity index (χ1v) is 11.3. The fourth-order valence-electron chi connectivity index (χ4n) is 3.86. The van der Waals surface area contributed by atoms with E-state index >= 15 is 0 Å². The van der Waals surface area contributed by atoms with Crippen LogP contribution in [0.4, 0.5) is 5.69 Å². The second kappa shape index (κ2) is 8.44. The highest BCUT2D eigenvalue weighted by molar-refractivity contribution is 7.07. The maximum atomic E-state index is 13.5. The predicted octanol–water partition coefficient (Wildman–Crippen LogP) is 4.07. The van der Waals surface area contributed by atoms with Crippen molar-refractivity contribution in [3.63, 3.8) is 0 Å². The molecule has 0 spiro atoms.